The molecular formula is C10H11N3O2. The molecule has 1 aromatic heterocycles. The monoisotopic (exact) mass is 205 g/mol. The molecule has 0 aliphatic carbocycles. The van der Waals surface area contributed by atoms with Gasteiger partial charge in [-0.1, -0.05) is 30.3 Å². The smallest absolute Gasteiger partial charge is 0.247 e. The first kappa shape index (κ1) is 9.51. The zero-order chi connectivity index (χ0) is 10.7. The molecule has 0 fully saturated rings. The van der Waals surface area contributed by atoms with E-state index in [1.54, 1.807) is 0 Å². The first-order valence-electron chi connectivity index (χ1n) is 4.69. The van der Waals surface area contributed by atoms with Crippen molar-refractivity contribution in [2.45, 2.75) is 13.0 Å². The Labute approximate surface area is 85.4 Å². The quantitative estimate of drug-likeness (QED) is 0.746. The van der Waals surface area contributed by atoms with Gasteiger partial charge < -0.3 is 0 Å². The lowest BCUT2D eigenvalue weighted by molar-refractivity contribution is 0.650. The summed E-state index contributed by atoms with van der Waals surface area (Å²) in [5, 5.41) is 4.49. The third-order valence-corrected chi connectivity index (χ3v) is 2.23. The van der Waals surface area contributed by atoms with Gasteiger partial charge in [0.25, 0.3) is 0 Å². The van der Waals surface area contributed by atoms with Crippen molar-refractivity contribution in [1.29, 1.82) is 0 Å². The van der Waals surface area contributed by atoms with Crippen LogP contribution >= 0.6 is 0 Å². The first-order chi connectivity index (χ1) is 7.27. The van der Waals surface area contributed by atoms with Gasteiger partial charge in [0.2, 0.25) is 0 Å². The van der Waals surface area contributed by atoms with Crippen LogP contribution in [0.25, 0.3) is 0 Å². The van der Waals surface area contributed by atoms with Crippen molar-refractivity contribution < 1.29 is 0 Å². The van der Waals surface area contributed by atoms with Gasteiger partial charge in [-0.2, -0.15) is 0 Å². The summed E-state index contributed by atoms with van der Waals surface area (Å²) < 4.78 is 1.15. The second-order valence-electron chi connectivity index (χ2n) is 3.25. The maximum Gasteiger partial charge on any atom is 0.344 e. The second kappa shape index (κ2) is 4.00. The molecular weight excluding hydrogens is 194 g/mol. The van der Waals surface area contributed by atoms with E-state index in [1.165, 1.54) is 0 Å². The van der Waals surface area contributed by atoms with Crippen LogP contribution in [0, 0.1) is 0 Å². The molecule has 0 atom stereocenters. The van der Waals surface area contributed by atoms with Crippen LogP contribution in [0.1, 0.15) is 5.56 Å². The lowest BCUT2D eigenvalue weighted by atomic mass is 10.1. The zero-order valence-corrected chi connectivity index (χ0v) is 8.06. The Morgan fingerprint density at radius 2 is 1.60 bits per heavy atom. The van der Waals surface area contributed by atoms with Gasteiger partial charge in [-0.25, -0.2) is 24.4 Å². The van der Waals surface area contributed by atoms with Gasteiger partial charge in [0.1, 0.15) is 0 Å². The SMILES string of the molecule is O=c1[nH][nH]c(=O)n1CCc1ccccc1. The van der Waals surface area contributed by atoms with E-state index in [0.29, 0.717) is 13.0 Å². The van der Waals surface area contributed by atoms with Gasteiger partial charge in [-0.15, -0.1) is 0 Å². The minimum atomic E-state index is -0.393. The summed E-state index contributed by atoms with van der Waals surface area (Å²) in [5.74, 6) is 0. The summed E-state index contributed by atoms with van der Waals surface area (Å²) in [5.41, 5.74) is 0.317. The molecule has 0 spiro atoms. The van der Waals surface area contributed by atoms with Gasteiger partial charge in [0, 0.05) is 6.54 Å². The van der Waals surface area contributed by atoms with Gasteiger partial charge in [-0.05, 0) is 12.0 Å². The molecule has 0 unspecified atom stereocenters. The highest BCUT2D eigenvalue weighted by Gasteiger charge is 2.01. The summed E-state index contributed by atoms with van der Waals surface area (Å²) >= 11 is 0. The third-order valence-electron chi connectivity index (χ3n) is 2.23. The van der Waals surface area contributed by atoms with E-state index < -0.39 is 11.4 Å². The summed E-state index contributed by atoms with van der Waals surface area (Å²) in [6.07, 6.45) is 0.668. The van der Waals surface area contributed by atoms with Gasteiger partial charge in [-0.3, -0.25) is 0 Å². The Bertz CT molecular complexity index is 508. The van der Waals surface area contributed by atoms with Gasteiger partial charge in [0.15, 0.2) is 0 Å². The summed E-state index contributed by atoms with van der Waals surface area (Å²) in [6.45, 7) is 0.391. The van der Waals surface area contributed by atoms with E-state index in [4.69, 9.17) is 0 Å². The summed E-state index contributed by atoms with van der Waals surface area (Å²) in [4.78, 5) is 22.3. The fourth-order valence-corrected chi connectivity index (χ4v) is 1.42. The maximum atomic E-state index is 11.1. The number of hydrogen-bond donors (Lipinski definition) is 2. The Morgan fingerprint density at radius 3 is 2.20 bits per heavy atom. The van der Waals surface area contributed by atoms with Crippen LogP contribution in [0.3, 0.4) is 0 Å². The van der Waals surface area contributed by atoms with Crippen LogP contribution < -0.4 is 11.4 Å². The minimum Gasteiger partial charge on any atom is -0.247 e. The van der Waals surface area contributed by atoms with Crippen LogP contribution in [0.4, 0.5) is 0 Å². The molecule has 2 N–H and O–H groups in total. The number of nitrogens with zero attached hydrogens (tertiary/aromatic N) is 1. The second-order valence-corrected chi connectivity index (χ2v) is 3.25. The largest absolute Gasteiger partial charge is 0.344 e. The number of aromatic amines is 2. The highest BCUT2D eigenvalue weighted by atomic mass is 16.2. The first-order valence-corrected chi connectivity index (χ1v) is 4.69. The predicted molar refractivity (Wildman–Crippen MR) is 55.8 cm³/mol. The molecule has 0 amide bonds. The number of rotatable bonds is 3. The van der Waals surface area contributed by atoms with Crippen LogP contribution in [0.5, 0.6) is 0 Å². The lowest BCUT2D eigenvalue weighted by Gasteiger charge is -1.99. The van der Waals surface area contributed by atoms with Crippen LogP contribution in [-0.4, -0.2) is 14.8 Å². The lowest BCUT2D eigenvalue weighted by Crippen LogP contribution is -2.27. The molecule has 5 heteroatoms. The topological polar surface area (TPSA) is 70.7 Å². The van der Waals surface area contributed by atoms with Crippen molar-refractivity contribution in [2.75, 3.05) is 0 Å². The highest BCUT2D eigenvalue weighted by Crippen LogP contribution is 1.99. The molecule has 78 valence electrons. The molecule has 0 aliphatic rings. The number of benzene rings is 1. The number of nitrogens with one attached hydrogen (secondary N) is 2. The fourth-order valence-electron chi connectivity index (χ4n) is 1.42. The maximum absolute atomic E-state index is 11.1. The van der Waals surface area contributed by atoms with Gasteiger partial charge >= 0.3 is 11.4 Å². The average Bonchev–Trinajstić information content (AvgIpc) is 2.58. The molecule has 0 aliphatic heterocycles. The molecule has 1 aromatic carbocycles. The highest BCUT2D eigenvalue weighted by molar-refractivity contribution is 5.14. The van der Waals surface area contributed by atoms with Crippen LogP contribution in [-0.2, 0) is 13.0 Å². The van der Waals surface area contributed by atoms with E-state index in [9.17, 15) is 9.59 Å². The molecule has 1 heterocycles. The van der Waals surface area contributed by atoms with Crippen LogP contribution in [0.15, 0.2) is 39.9 Å². The molecule has 2 rings (SSSR count). The summed E-state index contributed by atoms with van der Waals surface area (Å²) in [7, 11) is 0. The van der Waals surface area contributed by atoms with Crippen molar-refractivity contribution in [3.8, 4) is 0 Å². The molecule has 5 nitrogen and oxygen atoms in total. The molecule has 0 bridgehead atoms. The Morgan fingerprint density at radius 1 is 1.00 bits per heavy atom. The zero-order valence-electron chi connectivity index (χ0n) is 8.06. The van der Waals surface area contributed by atoms with E-state index in [1.807, 2.05) is 30.3 Å². The number of aromatic nitrogens is 3. The Kier molecular flexibility index (Phi) is 2.53. The fraction of sp³-hybridized carbons (Fsp3) is 0.200. The standard InChI is InChI=1S/C10H11N3O2/c14-9-11-12-10(15)13(9)7-6-8-4-2-1-3-5-8/h1-5H,6-7H2,(H,11,14)(H,12,15). The molecule has 2 aromatic rings. The van der Waals surface area contributed by atoms with Crippen molar-refractivity contribution in [3.05, 3.63) is 56.9 Å². The molecule has 0 saturated carbocycles. The number of aryl methyl sites for hydroxylation is 1. The number of hydrogen-bond acceptors (Lipinski definition) is 2. The average molecular weight is 205 g/mol. The Balaban J connectivity index is 2.12. The normalized spacial score (nSPS) is 10.4. The Hall–Kier alpha value is -2.04. The van der Waals surface area contributed by atoms with E-state index in [2.05, 4.69) is 10.2 Å². The van der Waals surface area contributed by atoms with Crippen molar-refractivity contribution in [3.63, 3.8) is 0 Å². The minimum absolute atomic E-state index is 0.391. The van der Waals surface area contributed by atoms with E-state index in [0.717, 1.165) is 10.1 Å². The third kappa shape index (κ3) is 2.07. The van der Waals surface area contributed by atoms with E-state index in [-0.39, 0.29) is 0 Å². The van der Waals surface area contributed by atoms with Gasteiger partial charge in [0.05, 0.1) is 0 Å². The number of H-pyrrole nitrogens is 2. The van der Waals surface area contributed by atoms with Crippen LogP contribution in [0.2, 0.25) is 0 Å². The molecule has 0 saturated heterocycles. The van der Waals surface area contributed by atoms with Crippen molar-refractivity contribution in [2.24, 2.45) is 0 Å². The predicted octanol–water partition coefficient (Wildman–Crippen LogP) is 0.107. The van der Waals surface area contributed by atoms with Crippen molar-refractivity contribution >= 4 is 0 Å². The van der Waals surface area contributed by atoms with E-state index >= 15 is 0 Å². The summed E-state index contributed by atoms with van der Waals surface area (Å²) in [6, 6.07) is 9.72. The molecule has 0 radical (unpaired) electrons. The van der Waals surface area contributed by atoms with Crippen molar-refractivity contribution in [1.82, 2.24) is 14.8 Å². The molecule has 15 heavy (non-hydrogen) atoms.